The lowest BCUT2D eigenvalue weighted by Gasteiger charge is -2.27. The van der Waals surface area contributed by atoms with E-state index in [0.717, 1.165) is 17.4 Å². The fourth-order valence-corrected chi connectivity index (χ4v) is 5.75. The van der Waals surface area contributed by atoms with Crippen molar-refractivity contribution in [3.63, 3.8) is 0 Å². The van der Waals surface area contributed by atoms with Gasteiger partial charge in [0, 0.05) is 13.6 Å². The van der Waals surface area contributed by atoms with Gasteiger partial charge in [-0.3, -0.25) is 0 Å². The molecule has 0 saturated heterocycles. The average Bonchev–Trinajstić information content (AvgIpc) is 3.00. The maximum absolute atomic E-state index is 12.8. The number of sulfonamides is 1. The maximum atomic E-state index is 12.8. The first-order chi connectivity index (χ1) is 9.89. The number of nitrogens with two attached hydrogens (primary N) is 1. The van der Waals surface area contributed by atoms with Gasteiger partial charge in [0.25, 0.3) is 0 Å². The van der Waals surface area contributed by atoms with E-state index in [2.05, 4.69) is 0 Å². The van der Waals surface area contributed by atoms with Crippen LogP contribution in [0.15, 0.2) is 23.1 Å². The van der Waals surface area contributed by atoms with Crippen LogP contribution in [0.4, 0.5) is 5.69 Å². The van der Waals surface area contributed by atoms with E-state index in [1.54, 1.807) is 32.2 Å². The Labute approximate surface area is 127 Å². The Hall–Kier alpha value is -1.07. The normalized spacial score (nSPS) is 28.4. The molecule has 1 aromatic rings. The Morgan fingerprint density at radius 2 is 2.05 bits per heavy atom. The van der Waals surface area contributed by atoms with Gasteiger partial charge in [-0.2, -0.15) is 0 Å². The lowest BCUT2D eigenvalue weighted by molar-refractivity contribution is 0.280. The highest BCUT2D eigenvalue weighted by Gasteiger charge is 2.41. The van der Waals surface area contributed by atoms with Crippen LogP contribution in [0.25, 0.3) is 0 Å². The van der Waals surface area contributed by atoms with Gasteiger partial charge in [-0.25, -0.2) is 12.7 Å². The highest BCUT2D eigenvalue weighted by molar-refractivity contribution is 7.89. The van der Waals surface area contributed by atoms with Crippen molar-refractivity contribution in [2.45, 2.75) is 37.5 Å². The molecule has 0 aliphatic heterocycles. The van der Waals surface area contributed by atoms with Gasteiger partial charge in [-0.15, -0.1) is 0 Å². The number of nitrogen functional groups attached to an aromatic ring is 1. The van der Waals surface area contributed by atoms with Gasteiger partial charge in [0.05, 0.1) is 5.69 Å². The molecule has 116 valence electrons. The fourth-order valence-electron chi connectivity index (χ4n) is 4.21. The molecule has 2 bridgehead atoms. The molecule has 0 radical (unpaired) electrons. The molecule has 0 heterocycles. The van der Waals surface area contributed by atoms with Crippen LogP contribution in [0.2, 0.25) is 0 Å². The van der Waals surface area contributed by atoms with E-state index >= 15 is 0 Å². The third-order valence-electron chi connectivity index (χ3n) is 5.29. The smallest absolute Gasteiger partial charge is 0.245 e. The topological polar surface area (TPSA) is 63.4 Å². The molecule has 2 aliphatic rings. The summed E-state index contributed by atoms with van der Waals surface area (Å²) in [6.45, 7) is 2.42. The van der Waals surface area contributed by atoms with E-state index in [-0.39, 0.29) is 4.90 Å². The first kappa shape index (κ1) is 14.9. The number of benzene rings is 1. The number of anilines is 1. The number of hydrogen-bond acceptors (Lipinski definition) is 3. The summed E-state index contributed by atoms with van der Waals surface area (Å²) in [5.41, 5.74) is 6.97. The largest absolute Gasteiger partial charge is 0.398 e. The minimum atomic E-state index is -3.50. The number of hydrogen-bond donors (Lipinski definition) is 1. The molecule has 2 fully saturated rings. The highest BCUT2D eigenvalue weighted by Crippen LogP contribution is 2.48. The standard InChI is InChI=1S/C16H24N2O2S/c1-11-4-3-5-15(17)16(11)21(19,20)18(2)10-14-9-12-6-7-13(14)8-12/h3-5,12-14H,6-10,17H2,1-2H3. The van der Waals surface area contributed by atoms with Crippen LogP contribution in [0.5, 0.6) is 0 Å². The summed E-state index contributed by atoms with van der Waals surface area (Å²) in [6.07, 6.45) is 5.09. The van der Waals surface area contributed by atoms with Crippen molar-refractivity contribution < 1.29 is 8.42 Å². The van der Waals surface area contributed by atoms with E-state index in [4.69, 9.17) is 5.73 Å². The van der Waals surface area contributed by atoms with Gasteiger partial charge in [0.15, 0.2) is 0 Å². The van der Waals surface area contributed by atoms with Crippen LogP contribution in [-0.4, -0.2) is 26.3 Å². The van der Waals surface area contributed by atoms with Crippen LogP contribution in [-0.2, 0) is 10.0 Å². The second kappa shape index (κ2) is 5.29. The van der Waals surface area contributed by atoms with E-state index in [9.17, 15) is 8.42 Å². The second-order valence-electron chi connectivity index (χ2n) is 6.71. The van der Waals surface area contributed by atoms with Gasteiger partial charge < -0.3 is 5.73 Å². The van der Waals surface area contributed by atoms with E-state index in [1.165, 1.54) is 30.0 Å². The number of nitrogens with zero attached hydrogens (tertiary/aromatic N) is 1. The molecule has 2 saturated carbocycles. The zero-order chi connectivity index (χ0) is 15.2. The van der Waals surface area contributed by atoms with Crippen LogP contribution in [0.3, 0.4) is 0 Å². The molecule has 3 rings (SSSR count). The molecule has 5 heteroatoms. The fraction of sp³-hybridized carbons (Fsp3) is 0.625. The quantitative estimate of drug-likeness (QED) is 0.870. The minimum Gasteiger partial charge on any atom is -0.398 e. The Morgan fingerprint density at radius 1 is 1.29 bits per heavy atom. The molecule has 2 N–H and O–H groups in total. The summed E-state index contributed by atoms with van der Waals surface area (Å²) in [5, 5.41) is 0. The molecule has 3 unspecified atom stereocenters. The zero-order valence-electron chi connectivity index (χ0n) is 12.7. The molecule has 1 aromatic carbocycles. The summed E-state index contributed by atoms with van der Waals surface area (Å²) < 4.78 is 27.1. The van der Waals surface area contributed by atoms with Gasteiger partial charge in [-0.05, 0) is 55.6 Å². The van der Waals surface area contributed by atoms with Crippen molar-refractivity contribution in [1.29, 1.82) is 0 Å². The molecule has 0 amide bonds. The van der Waals surface area contributed by atoms with Gasteiger partial charge in [-0.1, -0.05) is 18.6 Å². The van der Waals surface area contributed by atoms with E-state index in [0.29, 0.717) is 18.2 Å². The molecule has 4 nitrogen and oxygen atoms in total. The number of rotatable bonds is 4. The van der Waals surface area contributed by atoms with Crippen LogP contribution in [0, 0.1) is 24.7 Å². The molecule has 0 spiro atoms. The summed E-state index contributed by atoms with van der Waals surface area (Å²) in [5.74, 6) is 2.08. The summed E-state index contributed by atoms with van der Waals surface area (Å²) >= 11 is 0. The van der Waals surface area contributed by atoms with Gasteiger partial charge >= 0.3 is 0 Å². The van der Waals surface area contributed by atoms with E-state index in [1.807, 2.05) is 0 Å². The average molecular weight is 308 g/mol. The summed E-state index contributed by atoms with van der Waals surface area (Å²) in [6, 6.07) is 5.25. The molecule has 0 aromatic heterocycles. The van der Waals surface area contributed by atoms with Crippen molar-refractivity contribution in [2.24, 2.45) is 17.8 Å². The van der Waals surface area contributed by atoms with Crippen molar-refractivity contribution in [1.82, 2.24) is 4.31 Å². The predicted octanol–water partition coefficient (Wildman–Crippen LogP) is 2.63. The SMILES string of the molecule is Cc1cccc(N)c1S(=O)(=O)N(C)CC1CC2CCC1C2. The lowest BCUT2D eigenvalue weighted by Crippen LogP contribution is -2.34. The van der Waals surface area contributed by atoms with Crippen LogP contribution < -0.4 is 5.73 Å². The van der Waals surface area contributed by atoms with Gasteiger partial charge in [0.1, 0.15) is 4.90 Å². The number of aryl methyl sites for hydroxylation is 1. The molecule has 21 heavy (non-hydrogen) atoms. The Kier molecular flexibility index (Phi) is 3.74. The first-order valence-electron chi connectivity index (χ1n) is 7.71. The molecular formula is C16H24N2O2S. The summed E-state index contributed by atoms with van der Waals surface area (Å²) in [7, 11) is -1.81. The Morgan fingerprint density at radius 3 is 2.62 bits per heavy atom. The molecule has 3 atom stereocenters. The molecular weight excluding hydrogens is 284 g/mol. The highest BCUT2D eigenvalue weighted by atomic mass is 32.2. The Bertz CT molecular complexity index is 621. The Balaban J connectivity index is 1.81. The predicted molar refractivity (Wildman–Crippen MR) is 84.3 cm³/mol. The molecule has 2 aliphatic carbocycles. The van der Waals surface area contributed by atoms with Crippen LogP contribution in [0.1, 0.15) is 31.2 Å². The van der Waals surface area contributed by atoms with Crippen molar-refractivity contribution in [2.75, 3.05) is 19.3 Å². The monoisotopic (exact) mass is 308 g/mol. The lowest BCUT2D eigenvalue weighted by atomic mass is 9.89. The van der Waals surface area contributed by atoms with E-state index < -0.39 is 10.0 Å². The zero-order valence-corrected chi connectivity index (χ0v) is 13.6. The number of fused-ring (bicyclic) bond motifs is 2. The second-order valence-corrected chi connectivity index (χ2v) is 8.70. The van der Waals surface area contributed by atoms with Crippen molar-refractivity contribution in [3.8, 4) is 0 Å². The maximum Gasteiger partial charge on any atom is 0.245 e. The van der Waals surface area contributed by atoms with Crippen molar-refractivity contribution >= 4 is 15.7 Å². The third-order valence-corrected chi connectivity index (χ3v) is 7.33. The first-order valence-corrected chi connectivity index (χ1v) is 9.15. The minimum absolute atomic E-state index is 0.274. The van der Waals surface area contributed by atoms with Crippen molar-refractivity contribution in [3.05, 3.63) is 23.8 Å². The summed E-state index contributed by atoms with van der Waals surface area (Å²) in [4.78, 5) is 0.274. The van der Waals surface area contributed by atoms with Gasteiger partial charge in [0.2, 0.25) is 10.0 Å². The van der Waals surface area contributed by atoms with Crippen LogP contribution >= 0.6 is 0 Å². The third kappa shape index (κ3) is 2.57.